The number of imide groups is 1. The number of carbonyl (C=O) groups excluding carboxylic acids is 3. The highest BCUT2D eigenvalue weighted by molar-refractivity contribution is 6.10. The number of hydrogen-bond acceptors (Lipinski definition) is 3. The molecule has 0 aromatic heterocycles. The Bertz CT molecular complexity index is 516. The van der Waals surface area contributed by atoms with E-state index < -0.39 is 11.6 Å². The van der Waals surface area contributed by atoms with Crippen LogP contribution in [-0.2, 0) is 9.59 Å². The third-order valence-corrected chi connectivity index (χ3v) is 5.27. The van der Waals surface area contributed by atoms with Gasteiger partial charge in [-0.25, -0.2) is 9.69 Å². The first-order valence-electron chi connectivity index (χ1n) is 7.50. The fourth-order valence-electron chi connectivity index (χ4n) is 3.92. The van der Waals surface area contributed by atoms with Crippen molar-refractivity contribution in [3.05, 3.63) is 0 Å². The van der Waals surface area contributed by atoms with Crippen molar-refractivity contribution in [3.63, 3.8) is 0 Å². The lowest BCUT2D eigenvalue weighted by Crippen LogP contribution is -2.47. The fourth-order valence-corrected chi connectivity index (χ4v) is 3.92. The van der Waals surface area contributed by atoms with Crippen LogP contribution in [-0.4, -0.2) is 63.3 Å². The molecule has 2 atom stereocenters. The van der Waals surface area contributed by atoms with E-state index in [0.29, 0.717) is 32.0 Å². The number of amides is 4. The Morgan fingerprint density at radius 1 is 1.10 bits per heavy atom. The molecule has 4 aliphatic rings. The average molecular weight is 277 g/mol. The summed E-state index contributed by atoms with van der Waals surface area (Å²) < 4.78 is 0. The molecule has 20 heavy (non-hydrogen) atoms. The first kappa shape index (κ1) is 12.2. The Labute approximate surface area is 117 Å². The summed E-state index contributed by atoms with van der Waals surface area (Å²) in [6.45, 7) is 3.14. The summed E-state index contributed by atoms with van der Waals surface area (Å²) in [4.78, 5) is 42.3. The largest absolute Gasteiger partial charge is 0.338 e. The molecule has 0 N–H and O–H groups in total. The van der Waals surface area contributed by atoms with Gasteiger partial charge in [-0.1, -0.05) is 0 Å². The van der Waals surface area contributed by atoms with Crippen molar-refractivity contribution in [2.24, 2.45) is 0 Å². The molecule has 0 unspecified atom stereocenters. The topological polar surface area (TPSA) is 60.9 Å². The summed E-state index contributed by atoms with van der Waals surface area (Å²) in [6.07, 6.45) is 4.29. The van der Waals surface area contributed by atoms with Crippen LogP contribution in [0.5, 0.6) is 0 Å². The van der Waals surface area contributed by atoms with E-state index in [1.165, 1.54) is 4.90 Å². The molecule has 6 nitrogen and oxygen atoms in total. The molecule has 0 aromatic rings. The smallest absolute Gasteiger partial charge is 0.328 e. The van der Waals surface area contributed by atoms with Gasteiger partial charge in [0.25, 0.3) is 5.91 Å². The Balaban J connectivity index is 1.61. The lowest BCUT2D eigenvalue weighted by molar-refractivity contribution is -0.140. The van der Waals surface area contributed by atoms with Crippen molar-refractivity contribution >= 4 is 17.8 Å². The number of fused-ring (bicyclic) bond motifs is 1. The molecular formula is C14H19N3O3. The van der Waals surface area contributed by atoms with Gasteiger partial charge in [-0.2, -0.15) is 0 Å². The van der Waals surface area contributed by atoms with Crippen LogP contribution >= 0.6 is 0 Å². The third kappa shape index (κ3) is 1.37. The second-order valence-electron chi connectivity index (χ2n) is 6.55. The Morgan fingerprint density at radius 3 is 2.50 bits per heavy atom. The Morgan fingerprint density at radius 2 is 1.85 bits per heavy atom. The fraction of sp³-hybridized carbons (Fsp3) is 0.786. The molecule has 1 aliphatic carbocycles. The number of rotatable bonds is 2. The van der Waals surface area contributed by atoms with Crippen LogP contribution in [0.2, 0.25) is 0 Å². The van der Waals surface area contributed by atoms with E-state index in [1.54, 1.807) is 4.90 Å². The van der Waals surface area contributed by atoms with Crippen LogP contribution in [0.15, 0.2) is 0 Å². The first-order valence-corrected chi connectivity index (χ1v) is 7.50. The van der Waals surface area contributed by atoms with Crippen molar-refractivity contribution in [1.29, 1.82) is 0 Å². The quantitative estimate of drug-likeness (QED) is 0.693. The molecule has 0 spiro atoms. The second kappa shape index (κ2) is 3.74. The highest BCUT2D eigenvalue weighted by Gasteiger charge is 2.60. The molecule has 1 saturated carbocycles. The number of carbonyl (C=O) groups is 3. The monoisotopic (exact) mass is 277 g/mol. The van der Waals surface area contributed by atoms with Crippen LogP contribution in [0.1, 0.15) is 39.0 Å². The molecular weight excluding hydrogens is 258 g/mol. The van der Waals surface area contributed by atoms with Gasteiger partial charge in [0.05, 0.1) is 0 Å². The standard InChI is InChI=1S/C14H19N3O3/c1-14-6-2-7-16(14)13(20)17(12(14)19)10-5-8-15(11(10)18)9-3-4-9/h9-10H,2-8H2,1H3/t10-,14-/m0/s1. The predicted octanol–water partition coefficient (Wildman–Crippen LogP) is 0.566. The minimum Gasteiger partial charge on any atom is -0.338 e. The van der Waals surface area contributed by atoms with E-state index in [0.717, 1.165) is 19.3 Å². The van der Waals surface area contributed by atoms with Crippen molar-refractivity contribution in [2.45, 2.75) is 56.7 Å². The molecule has 4 fully saturated rings. The Hall–Kier alpha value is -1.59. The van der Waals surface area contributed by atoms with Crippen LogP contribution in [0.25, 0.3) is 0 Å². The van der Waals surface area contributed by atoms with Gasteiger partial charge in [0.2, 0.25) is 5.91 Å². The van der Waals surface area contributed by atoms with E-state index in [9.17, 15) is 14.4 Å². The molecule has 108 valence electrons. The first-order chi connectivity index (χ1) is 9.54. The summed E-state index contributed by atoms with van der Waals surface area (Å²) in [7, 11) is 0. The van der Waals surface area contributed by atoms with Crippen LogP contribution in [0.3, 0.4) is 0 Å². The van der Waals surface area contributed by atoms with E-state index in [1.807, 2.05) is 11.8 Å². The number of likely N-dealkylation sites (tertiary alicyclic amines) is 1. The Kier molecular flexibility index (Phi) is 2.28. The maximum absolute atomic E-state index is 12.6. The summed E-state index contributed by atoms with van der Waals surface area (Å²) in [6, 6.07) is -0.459. The molecule has 0 radical (unpaired) electrons. The SMILES string of the molecule is C[C@@]12CCCN1C(=O)N([C@H]1CCN(C3CC3)C1=O)C2=O. The zero-order valence-electron chi connectivity index (χ0n) is 11.7. The van der Waals surface area contributed by atoms with Gasteiger partial charge in [-0.15, -0.1) is 0 Å². The van der Waals surface area contributed by atoms with Crippen LogP contribution in [0.4, 0.5) is 4.79 Å². The van der Waals surface area contributed by atoms with Crippen molar-refractivity contribution in [1.82, 2.24) is 14.7 Å². The number of hydrogen-bond donors (Lipinski definition) is 0. The van der Waals surface area contributed by atoms with E-state index in [2.05, 4.69) is 0 Å². The lowest BCUT2D eigenvalue weighted by Gasteiger charge is -2.23. The lowest BCUT2D eigenvalue weighted by atomic mass is 9.99. The van der Waals surface area contributed by atoms with Gasteiger partial charge < -0.3 is 9.80 Å². The van der Waals surface area contributed by atoms with Gasteiger partial charge in [0.15, 0.2) is 0 Å². The number of urea groups is 1. The zero-order chi connectivity index (χ0) is 14.1. The molecule has 4 rings (SSSR count). The second-order valence-corrected chi connectivity index (χ2v) is 6.55. The minimum atomic E-state index is -0.704. The molecule has 0 bridgehead atoms. The molecule has 0 aromatic carbocycles. The predicted molar refractivity (Wildman–Crippen MR) is 69.7 cm³/mol. The van der Waals surface area contributed by atoms with Gasteiger partial charge >= 0.3 is 6.03 Å². The summed E-state index contributed by atoms with van der Waals surface area (Å²) in [5.74, 6) is -0.199. The van der Waals surface area contributed by atoms with Crippen molar-refractivity contribution < 1.29 is 14.4 Å². The molecule has 3 aliphatic heterocycles. The summed E-state index contributed by atoms with van der Waals surface area (Å²) in [5, 5.41) is 0. The maximum Gasteiger partial charge on any atom is 0.328 e. The molecule has 4 amide bonds. The summed E-state index contributed by atoms with van der Waals surface area (Å²) >= 11 is 0. The molecule has 3 saturated heterocycles. The van der Waals surface area contributed by atoms with Crippen molar-refractivity contribution in [3.8, 4) is 0 Å². The maximum atomic E-state index is 12.6. The third-order valence-electron chi connectivity index (χ3n) is 5.27. The number of nitrogens with zero attached hydrogens (tertiary/aromatic N) is 3. The molecule has 3 heterocycles. The van der Waals surface area contributed by atoms with Crippen LogP contribution < -0.4 is 0 Å². The highest BCUT2D eigenvalue weighted by atomic mass is 16.2. The zero-order valence-corrected chi connectivity index (χ0v) is 11.7. The average Bonchev–Trinajstić information content (AvgIpc) is 3.04. The van der Waals surface area contributed by atoms with Crippen molar-refractivity contribution in [2.75, 3.05) is 13.1 Å². The van der Waals surface area contributed by atoms with E-state index in [-0.39, 0.29) is 17.8 Å². The van der Waals surface area contributed by atoms with Gasteiger partial charge in [-0.05, 0) is 39.0 Å². The summed E-state index contributed by atoms with van der Waals surface area (Å²) in [5.41, 5.74) is -0.704. The van der Waals surface area contributed by atoms with Gasteiger partial charge in [0, 0.05) is 19.1 Å². The van der Waals surface area contributed by atoms with E-state index in [4.69, 9.17) is 0 Å². The highest BCUT2D eigenvalue weighted by Crippen LogP contribution is 2.40. The van der Waals surface area contributed by atoms with Crippen LogP contribution in [0, 0.1) is 0 Å². The van der Waals surface area contributed by atoms with Gasteiger partial charge in [0.1, 0.15) is 11.6 Å². The van der Waals surface area contributed by atoms with Gasteiger partial charge in [-0.3, -0.25) is 9.59 Å². The minimum absolute atomic E-state index is 0.0287. The molecule has 6 heteroatoms. The normalized spacial score (nSPS) is 37.4. The van der Waals surface area contributed by atoms with E-state index >= 15 is 0 Å².